The molecular formula is C14H26N2O2. The molecule has 1 atom stereocenters. The SMILES string of the molecule is CC(C)(C)OC(=O)N1CCC2(CC1)CC2CCN. The molecule has 0 aromatic heterocycles. The lowest BCUT2D eigenvalue weighted by Crippen LogP contribution is -2.42. The van der Waals surface area contributed by atoms with Gasteiger partial charge in [0.25, 0.3) is 0 Å². The van der Waals surface area contributed by atoms with Crippen molar-refractivity contribution in [2.45, 2.75) is 52.1 Å². The van der Waals surface area contributed by atoms with E-state index in [1.165, 1.54) is 6.42 Å². The molecule has 18 heavy (non-hydrogen) atoms. The largest absolute Gasteiger partial charge is 0.444 e. The Morgan fingerprint density at radius 2 is 2.00 bits per heavy atom. The Morgan fingerprint density at radius 3 is 2.50 bits per heavy atom. The van der Waals surface area contributed by atoms with E-state index in [9.17, 15) is 4.79 Å². The number of hydrogen-bond acceptors (Lipinski definition) is 3. The fourth-order valence-electron chi connectivity index (χ4n) is 3.11. The number of piperidine rings is 1. The minimum atomic E-state index is -0.395. The smallest absolute Gasteiger partial charge is 0.410 e. The molecule has 2 rings (SSSR count). The molecule has 4 heteroatoms. The molecule has 1 saturated carbocycles. The molecule has 4 nitrogen and oxygen atoms in total. The Labute approximate surface area is 110 Å². The summed E-state index contributed by atoms with van der Waals surface area (Å²) >= 11 is 0. The monoisotopic (exact) mass is 254 g/mol. The minimum Gasteiger partial charge on any atom is -0.444 e. The van der Waals surface area contributed by atoms with Gasteiger partial charge in [-0.1, -0.05) is 0 Å². The van der Waals surface area contributed by atoms with E-state index < -0.39 is 5.60 Å². The van der Waals surface area contributed by atoms with E-state index in [1.807, 2.05) is 25.7 Å². The molecule has 1 amide bonds. The summed E-state index contributed by atoms with van der Waals surface area (Å²) in [6, 6.07) is 0. The normalized spacial score (nSPS) is 26.2. The van der Waals surface area contributed by atoms with Crippen molar-refractivity contribution in [2.75, 3.05) is 19.6 Å². The second kappa shape index (κ2) is 4.72. The van der Waals surface area contributed by atoms with Crippen LogP contribution in [0.5, 0.6) is 0 Å². The van der Waals surface area contributed by atoms with Gasteiger partial charge in [0.2, 0.25) is 0 Å². The number of nitrogens with zero attached hydrogens (tertiary/aromatic N) is 1. The highest BCUT2D eigenvalue weighted by Gasteiger charge is 2.54. The predicted octanol–water partition coefficient (Wildman–Crippen LogP) is 2.37. The van der Waals surface area contributed by atoms with Crippen molar-refractivity contribution >= 4 is 6.09 Å². The molecule has 0 aromatic carbocycles. The van der Waals surface area contributed by atoms with Crippen LogP contribution in [0.25, 0.3) is 0 Å². The lowest BCUT2D eigenvalue weighted by Gasteiger charge is -2.34. The van der Waals surface area contributed by atoms with E-state index >= 15 is 0 Å². The van der Waals surface area contributed by atoms with Crippen molar-refractivity contribution in [2.24, 2.45) is 17.1 Å². The molecule has 1 spiro atoms. The number of rotatable bonds is 2. The highest BCUT2D eigenvalue weighted by atomic mass is 16.6. The van der Waals surface area contributed by atoms with Crippen molar-refractivity contribution in [3.05, 3.63) is 0 Å². The highest BCUT2D eigenvalue weighted by molar-refractivity contribution is 5.68. The summed E-state index contributed by atoms with van der Waals surface area (Å²) in [5.74, 6) is 0.809. The Morgan fingerprint density at radius 1 is 1.39 bits per heavy atom. The predicted molar refractivity (Wildman–Crippen MR) is 71.3 cm³/mol. The Balaban J connectivity index is 1.79. The molecule has 0 bridgehead atoms. The molecule has 1 unspecified atom stereocenters. The number of nitrogens with two attached hydrogens (primary N) is 1. The lowest BCUT2D eigenvalue weighted by molar-refractivity contribution is 0.0165. The van der Waals surface area contributed by atoms with Crippen LogP contribution in [0.3, 0.4) is 0 Å². The third kappa shape index (κ3) is 2.97. The van der Waals surface area contributed by atoms with Crippen LogP contribution in [-0.4, -0.2) is 36.2 Å². The summed E-state index contributed by atoms with van der Waals surface area (Å²) in [5.41, 5.74) is 5.74. The molecule has 1 heterocycles. The van der Waals surface area contributed by atoms with E-state index in [-0.39, 0.29) is 6.09 Å². The van der Waals surface area contributed by atoms with E-state index in [4.69, 9.17) is 10.5 Å². The van der Waals surface area contributed by atoms with Crippen LogP contribution in [0.4, 0.5) is 4.79 Å². The zero-order chi connectivity index (χ0) is 13.4. The van der Waals surface area contributed by atoms with Gasteiger partial charge in [-0.2, -0.15) is 0 Å². The second-order valence-electron chi connectivity index (χ2n) is 6.81. The molecule has 0 radical (unpaired) electrons. The van der Waals surface area contributed by atoms with Gasteiger partial charge in [-0.3, -0.25) is 0 Å². The average Bonchev–Trinajstić information content (AvgIpc) is 2.90. The molecular weight excluding hydrogens is 228 g/mol. The summed E-state index contributed by atoms with van der Waals surface area (Å²) in [6.45, 7) is 8.21. The minimum absolute atomic E-state index is 0.159. The van der Waals surface area contributed by atoms with Gasteiger partial charge in [-0.15, -0.1) is 0 Å². The van der Waals surface area contributed by atoms with Crippen molar-refractivity contribution in [1.29, 1.82) is 0 Å². The number of hydrogen-bond donors (Lipinski definition) is 1. The fourth-order valence-corrected chi connectivity index (χ4v) is 3.11. The number of carbonyl (C=O) groups is 1. The topological polar surface area (TPSA) is 55.6 Å². The van der Waals surface area contributed by atoms with E-state index in [0.717, 1.165) is 44.8 Å². The molecule has 2 aliphatic rings. The van der Waals surface area contributed by atoms with Crippen LogP contribution in [-0.2, 0) is 4.74 Å². The summed E-state index contributed by atoms with van der Waals surface area (Å²) in [4.78, 5) is 13.8. The molecule has 0 aromatic rings. The van der Waals surface area contributed by atoms with Gasteiger partial charge in [0, 0.05) is 13.1 Å². The summed E-state index contributed by atoms with van der Waals surface area (Å²) in [7, 11) is 0. The maximum atomic E-state index is 11.9. The van der Waals surface area contributed by atoms with Crippen LogP contribution in [0.2, 0.25) is 0 Å². The summed E-state index contributed by atoms with van der Waals surface area (Å²) in [6.07, 6.45) is 4.54. The molecule has 104 valence electrons. The van der Waals surface area contributed by atoms with Crippen molar-refractivity contribution in [1.82, 2.24) is 4.90 Å². The third-order valence-corrected chi connectivity index (χ3v) is 4.28. The lowest BCUT2D eigenvalue weighted by atomic mass is 9.90. The van der Waals surface area contributed by atoms with Gasteiger partial charge in [-0.25, -0.2) is 4.79 Å². The summed E-state index contributed by atoms with van der Waals surface area (Å²) < 4.78 is 5.41. The van der Waals surface area contributed by atoms with E-state index in [0.29, 0.717) is 5.41 Å². The average molecular weight is 254 g/mol. The third-order valence-electron chi connectivity index (χ3n) is 4.28. The maximum Gasteiger partial charge on any atom is 0.410 e. The van der Waals surface area contributed by atoms with Crippen LogP contribution >= 0.6 is 0 Å². The first kappa shape index (κ1) is 13.7. The van der Waals surface area contributed by atoms with E-state index in [1.54, 1.807) is 0 Å². The number of carbonyl (C=O) groups excluding carboxylic acids is 1. The van der Waals surface area contributed by atoms with Crippen LogP contribution in [0.15, 0.2) is 0 Å². The summed E-state index contributed by atoms with van der Waals surface area (Å²) in [5, 5.41) is 0. The quantitative estimate of drug-likeness (QED) is 0.823. The zero-order valence-electron chi connectivity index (χ0n) is 11.9. The first-order chi connectivity index (χ1) is 8.36. The Bertz CT molecular complexity index is 314. The van der Waals surface area contributed by atoms with Crippen molar-refractivity contribution in [3.63, 3.8) is 0 Å². The molecule has 1 aliphatic carbocycles. The van der Waals surface area contributed by atoms with Crippen molar-refractivity contribution in [3.8, 4) is 0 Å². The molecule has 2 fully saturated rings. The fraction of sp³-hybridized carbons (Fsp3) is 0.929. The highest BCUT2D eigenvalue weighted by Crippen LogP contribution is 2.60. The maximum absolute atomic E-state index is 11.9. The second-order valence-corrected chi connectivity index (χ2v) is 6.81. The van der Waals surface area contributed by atoms with Crippen LogP contribution in [0.1, 0.15) is 46.5 Å². The van der Waals surface area contributed by atoms with Gasteiger partial charge >= 0.3 is 6.09 Å². The standard InChI is InChI=1S/C14H26N2O2/c1-13(2,3)18-12(17)16-8-5-14(6-9-16)10-11(14)4-7-15/h11H,4-10,15H2,1-3H3. The van der Waals surface area contributed by atoms with Crippen molar-refractivity contribution < 1.29 is 9.53 Å². The number of amides is 1. The van der Waals surface area contributed by atoms with Gasteiger partial charge in [0.05, 0.1) is 0 Å². The van der Waals surface area contributed by atoms with Crippen LogP contribution < -0.4 is 5.73 Å². The van der Waals surface area contributed by atoms with Gasteiger partial charge in [0.15, 0.2) is 0 Å². The Hall–Kier alpha value is -0.770. The van der Waals surface area contributed by atoms with E-state index in [2.05, 4.69) is 0 Å². The number of likely N-dealkylation sites (tertiary alicyclic amines) is 1. The van der Waals surface area contributed by atoms with Crippen LogP contribution in [0, 0.1) is 11.3 Å². The first-order valence-corrected chi connectivity index (χ1v) is 7.04. The molecule has 2 N–H and O–H groups in total. The van der Waals surface area contributed by atoms with Gasteiger partial charge in [0.1, 0.15) is 5.60 Å². The molecule has 1 saturated heterocycles. The van der Waals surface area contributed by atoms with Gasteiger partial charge in [-0.05, 0) is 64.3 Å². The Kier molecular flexibility index (Phi) is 3.58. The van der Waals surface area contributed by atoms with Gasteiger partial charge < -0.3 is 15.4 Å². The zero-order valence-corrected chi connectivity index (χ0v) is 11.9. The first-order valence-electron chi connectivity index (χ1n) is 7.04. The number of ether oxygens (including phenoxy) is 1. The molecule has 1 aliphatic heterocycles.